The minimum absolute atomic E-state index is 0.0469. The Morgan fingerprint density at radius 3 is 2.56 bits per heavy atom. The van der Waals surface area contributed by atoms with E-state index in [0.29, 0.717) is 0 Å². The molecule has 1 aliphatic heterocycles. The molecule has 0 radical (unpaired) electrons. The van der Waals surface area contributed by atoms with Gasteiger partial charge in [0.25, 0.3) is 0 Å². The van der Waals surface area contributed by atoms with Crippen molar-refractivity contribution in [2.24, 2.45) is 11.8 Å². The second-order valence-electron chi connectivity index (χ2n) is 3.98. The molecule has 2 heterocycles. The molecule has 2 rings (SSSR count). The van der Waals surface area contributed by atoms with Crippen LogP contribution in [0.1, 0.15) is 12.8 Å². The van der Waals surface area contributed by atoms with Crippen LogP contribution in [0.3, 0.4) is 0 Å². The van der Waals surface area contributed by atoms with Gasteiger partial charge < -0.3 is 4.90 Å². The first-order valence-corrected chi connectivity index (χ1v) is 5.46. The van der Waals surface area contributed by atoms with Crippen molar-refractivity contribution in [1.82, 2.24) is 10.4 Å². The lowest BCUT2D eigenvalue weighted by Crippen LogP contribution is -2.42. The van der Waals surface area contributed by atoms with Crippen molar-refractivity contribution in [2.45, 2.75) is 12.8 Å². The maximum atomic E-state index is 11.3. The molecule has 3 N–H and O–H groups in total. The molecule has 86 valence electrons. The van der Waals surface area contributed by atoms with Gasteiger partial charge in [-0.15, -0.1) is 0 Å². The van der Waals surface area contributed by atoms with Gasteiger partial charge in [-0.3, -0.25) is 15.2 Å². The Kier molecular flexibility index (Phi) is 3.36. The van der Waals surface area contributed by atoms with Gasteiger partial charge in [0.15, 0.2) is 0 Å². The van der Waals surface area contributed by atoms with Crippen LogP contribution in [-0.4, -0.2) is 24.0 Å². The third-order valence-corrected chi connectivity index (χ3v) is 3.04. The summed E-state index contributed by atoms with van der Waals surface area (Å²) in [4.78, 5) is 17.6. The largest absolute Gasteiger partial charge is 0.371 e. The minimum Gasteiger partial charge on any atom is -0.371 e. The zero-order chi connectivity index (χ0) is 11.4. The zero-order valence-electron chi connectivity index (χ0n) is 9.10. The first-order valence-electron chi connectivity index (χ1n) is 5.46. The number of carbonyl (C=O) groups excluding carboxylic acids is 1. The second kappa shape index (κ2) is 4.94. The van der Waals surface area contributed by atoms with Crippen molar-refractivity contribution in [3.05, 3.63) is 24.5 Å². The summed E-state index contributed by atoms with van der Waals surface area (Å²) in [5, 5.41) is 0. The molecule has 5 nitrogen and oxygen atoms in total. The SMILES string of the molecule is NNC(=O)C1CCN(c2ccncc2)CC1. The first kappa shape index (κ1) is 10.9. The number of anilines is 1. The van der Waals surface area contributed by atoms with E-state index in [9.17, 15) is 4.79 Å². The van der Waals surface area contributed by atoms with E-state index in [1.165, 1.54) is 5.69 Å². The molecule has 0 unspecified atom stereocenters. The topological polar surface area (TPSA) is 71.2 Å². The summed E-state index contributed by atoms with van der Waals surface area (Å²) in [6.07, 6.45) is 5.28. The monoisotopic (exact) mass is 220 g/mol. The Balaban J connectivity index is 1.93. The van der Waals surface area contributed by atoms with Crippen LogP contribution in [0.15, 0.2) is 24.5 Å². The predicted molar refractivity (Wildman–Crippen MR) is 61.5 cm³/mol. The quantitative estimate of drug-likeness (QED) is 0.427. The molecule has 5 heteroatoms. The Labute approximate surface area is 94.6 Å². The van der Waals surface area contributed by atoms with Crippen LogP contribution < -0.4 is 16.2 Å². The fraction of sp³-hybridized carbons (Fsp3) is 0.455. The molecule has 1 aromatic rings. The molecule has 1 aliphatic rings. The number of piperidine rings is 1. The molecule has 1 saturated heterocycles. The van der Waals surface area contributed by atoms with E-state index in [1.54, 1.807) is 12.4 Å². The van der Waals surface area contributed by atoms with Gasteiger partial charge in [-0.25, -0.2) is 5.84 Å². The lowest BCUT2D eigenvalue weighted by Gasteiger charge is -2.32. The fourth-order valence-corrected chi connectivity index (χ4v) is 2.07. The van der Waals surface area contributed by atoms with Crippen LogP contribution in [-0.2, 0) is 4.79 Å². The van der Waals surface area contributed by atoms with Crippen molar-refractivity contribution in [1.29, 1.82) is 0 Å². The molecule has 0 bridgehead atoms. The number of hydrazine groups is 1. The molecule has 0 atom stereocenters. The van der Waals surface area contributed by atoms with Gasteiger partial charge in [-0.1, -0.05) is 0 Å². The highest BCUT2D eigenvalue weighted by Crippen LogP contribution is 2.22. The molecule has 16 heavy (non-hydrogen) atoms. The van der Waals surface area contributed by atoms with Crippen molar-refractivity contribution in [2.75, 3.05) is 18.0 Å². The Hall–Kier alpha value is -1.62. The normalized spacial score (nSPS) is 17.2. The number of nitrogens with zero attached hydrogens (tertiary/aromatic N) is 2. The maximum absolute atomic E-state index is 11.3. The molecule has 0 spiro atoms. The zero-order valence-corrected chi connectivity index (χ0v) is 9.10. The third kappa shape index (κ3) is 2.30. The standard InChI is InChI=1S/C11H16N4O/c12-14-11(16)9-3-7-15(8-4-9)10-1-5-13-6-2-10/h1-2,5-6,9H,3-4,7-8,12H2,(H,14,16). The second-order valence-corrected chi connectivity index (χ2v) is 3.98. The van der Waals surface area contributed by atoms with Gasteiger partial charge in [0.2, 0.25) is 5.91 Å². The Morgan fingerprint density at radius 1 is 1.38 bits per heavy atom. The summed E-state index contributed by atoms with van der Waals surface area (Å²) in [5.41, 5.74) is 3.39. The van der Waals surface area contributed by atoms with Crippen LogP contribution in [0.5, 0.6) is 0 Å². The van der Waals surface area contributed by atoms with Crippen molar-refractivity contribution in [3.8, 4) is 0 Å². The molecule has 0 saturated carbocycles. The van der Waals surface area contributed by atoms with Gasteiger partial charge in [0.05, 0.1) is 0 Å². The lowest BCUT2D eigenvalue weighted by atomic mass is 9.96. The molecule has 1 amide bonds. The summed E-state index contributed by atoms with van der Waals surface area (Å²) >= 11 is 0. The molecular formula is C11H16N4O. The van der Waals surface area contributed by atoms with E-state index in [4.69, 9.17) is 5.84 Å². The summed E-state index contributed by atoms with van der Waals surface area (Å²) in [7, 11) is 0. The number of pyridine rings is 1. The number of hydrogen-bond donors (Lipinski definition) is 2. The van der Waals surface area contributed by atoms with Crippen LogP contribution >= 0.6 is 0 Å². The fourth-order valence-electron chi connectivity index (χ4n) is 2.07. The van der Waals surface area contributed by atoms with Gasteiger partial charge in [-0.2, -0.15) is 0 Å². The van der Waals surface area contributed by atoms with E-state index in [0.717, 1.165) is 25.9 Å². The predicted octanol–water partition coefficient (Wildman–Crippen LogP) is 0.288. The highest BCUT2D eigenvalue weighted by atomic mass is 16.2. The molecule has 0 aliphatic carbocycles. The van der Waals surface area contributed by atoms with E-state index in [1.807, 2.05) is 12.1 Å². The third-order valence-electron chi connectivity index (χ3n) is 3.04. The highest BCUT2D eigenvalue weighted by molar-refractivity contribution is 5.78. The number of aromatic nitrogens is 1. The Bertz CT molecular complexity index is 346. The van der Waals surface area contributed by atoms with Crippen LogP contribution in [0.4, 0.5) is 5.69 Å². The molecule has 1 fully saturated rings. The maximum Gasteiger partial charge on any atom is 0.237 e. The summed E-state index contributed by atoms with van der Waals surface area (Å²) in [6, 6.07) is 3.98. The summed E-state index contributed by atoms with van der Waals surface area (Å²) in [5.74, 6) is 5.14. The number of rotatable bonds is 2. The number of nitrogens with one attached hydrogen (secondary N) is 1. The van der Waals surface area contributed by atoms with E-state index < -0.39 is 0 Å². The van der Waals surface area contributed by atoms with Gasteiger partial charge in [-0.05, 0) is 25.0 Å². The van der Waals surface area contributed by atoms with Crippen molar-refractivity contribution in [3.63, 3.8) is 0 Å². The smallest absolute Gasteiger partial charge is 0.237 e. The molecule has 1 aromatic heterocycles. The van der Waals surface area contributed by atoms with Crippen molar-refractivity contribution < 1.29 is 4.79 Å². The van der Waals surface area contributed by atoms with Crippen LogP contribution in [0.2, 0.25) is 0 Å². The van der Waals surface area contributed by atoms with Crippen LogP contribution in [0.25, 0.3) is 0 Å². The Morgan fingerprint density at radius 2 is 2.00 bits per heavy atom. The molecule has 0 aromatic carbocycles. The van der Waals surface area contributed by atoms with E-state index in [2.05, 4.69) is 15.3 Å². The number of hydrogen-bond acceptors (Lipinski definition) is 4. The first-order chi connectivity index (χ1) is 7.81. The van der Waals surface area contributed by atoms with Gasteiger partial charge in [0, 0.05) is 37.1 Å². The highest BCUT2D eigenvalue weighted by Gasteiger charge is 2.24. The number of carbonyl (C=O) groups is 1. The number of nitrogens with two attached hydrogens (primary N) is 1. The van der Waals surface area contributed by atoms with Gasteiger partial charge >= 0.3 is 0 Å². The summed E-state index contributed by atoms with van der Waals surface area (Å²) < 4.78 is 0. The average molecular weight is 220 g/mol. The van der Waals surface area contributed by atoms with E-state index in [-0.39, 0.29) is 11.8 Å². The average Bonchev–Trinajstić information content (AvgIpc) is 2.39. The van der Waals surface area contributed by atoms with Gasteiger partial charge in [0.1, 0.15) is 0 Å². The summed E-state index contributed by atoms with van der Waals surface area (Å²) in [6.45, 7) is 1.78. The molecular weight excluding hydrogens is 204 g/mol. The number of amides is 1. The lowest BCUT2D eigenvalue weighted by molar-refractivity contribution is -0.125. The van der Waals surface area contributed by atoms with E-state index >= 15 is 0 Å². The van der Waals surface area contributed by atoms with Crippen molar-refractivity contribution >= 4 is 11.6 Å². The minimum atomic E-state index is -0.0469. The van der Waals surface area contributed by atoms with Crippen LogP contribution in [0, 0.1) is 5.92 Å².